The molecule has 1 aliphatic rings. The molecule has 1 aromatic carbocycles. The number of aryl methyl sites for hydroxylation is 1. The molecule has 32 heavy (non-hydrogen) atoms. The number of benzene rings is 1. The van der Waals surface area contributed by atoms with E-state index in [1.807, 2.05) is 32.0 Å². The molecule has 8 heteroatoms. The molecule has 2 heterocycles. The Morgan fingerprint density at radius 2 is 2.06 bits per heavy atom. The van der Waals surface area contributed by atoms with Crippen LogP contribution < -0.4 is 11.1 Å². The van der Waals surface area contributed by atoms with E-state index in [-0.39, 0.29) is 29.5 Å². The van der Waals surface area contributed by atoms with Gasteiger partial charge < -0.3 is 16.0 Å². The molecule has 0 spiro atoms. The smallest absolute Gasteiger partial charge is 0.229 e. The van der Waals surface area contributed by atoms with Crippen molar-refractivity contribution in [3.05, 3.63) is 48.0 Å². The summed E-state index contributed by atoms with van der Waals surface area (Å²) >= 11 is 0. The van der Waals surface area contributed by atoms with Gasteiger partial charge in [0.25, 0.3) is 0 Å². The first-order valence-electron chi connectivity index (χ1n) is 10.4. The third-order valence-electron chi connectivity index (χ3n) is 6.07. The maximum absolute atomic E-state index is 14.8. The van der Waals surface area contributed by atoms with Gasteiger partial charge in [0.05, 0.1) is 6.07 Å². The van der Waals surface area contributed by atoms with Gasteiger partial charge in [0, 0.05) is 47.8 Å². The number of halogens is 1. The third-order valence-corrected chi connectivity index (χ3v) is 6.07. The van der Waals surface area contributed by atoms with E-state index < -0.39 is 5.82 Å². The highest BCUT2D eigenvalue weighted by Crippen LogP contribution is 2.49. The highest BCUT2D eigenvalue weighted by molar-refractivity contribution is 6.00. The van der Waals surface area contributed by atoms with E-state index in [0.29, 0.717) is 34.1 Å². The van der Waals surface area contributed by atoms with Gasteiger partial charge in [0.15, 0.2) is 0 Å². The van der Waals surface area contributed by atoms with Crippen molar-refractivity contribution in [2.75, 3.05) is 31.7 Å². The number of amides is 1. The lowest BCUT2D eigenvalue weighted by atomic mass is 9.99. The first-order valence-corrected chi connectivity index (χ1v) is 10.4. The van der Waals surface area contributed by atoms with Crippen LogP contribution in [-0.2, 0) is 4.79 Å². The van der Waals surface area contributed by atoms with Crippen molar-refractivity contribution >= 4 is 28.3 Å². The van der Waals surface area contributed by atoms with Gasteiger partial charge in [-0.1, -0.05) is 0 Å². The predicted molar refractivity (Wildman–Crippen MR) is 122 cm³/mol. The third kappa shape index (κ3) is 4.12. The number of rotatable bonds is 6. The summed E-state index contributed by atoms with van der Waals surface area (Å²) in [6.45, 7) is 2.63. The number of nitrogens with two attached hydrogens (primary N) is 1. The maximum atomic E-state index is 14.8. The van der Waals surface area contributed by atoms with Gasteiger partial charge in [-0.3, -0.25) is 9.78 Å². The number of nitriles is 1. The summed E-state index contributed by atoms with van der Waals surface area (Å²) in [5, 5.41) is 13.1. The number of hydrogen-bond acceptors (Lipinski definition) is 6. The first kappa shape index (κ1) is 21.7. The van der Waals surface area contributed by atoms with Gasteiger partial charge in [0.2, 0.25) is 5.91 Å². The van der Waals surface area contributed by atoms with Crippen molar-refractivity contribution in [3.8, 4) is 17.2 Å². The molecule has 1 fully saturated rings. The van der Waals surface area contributed by atoms with Crippen LogP contribution in [0.5, 0.6) is 0 Å². The number of anilines is 2. The molecular formula is C24H25FN6O. The lowest BCUT2D eigenvalue weighted by molar-refractivity contribution is -0.117. The first-order chi connectivity index (χ1) is 15.3. The Hall–Kier alpha value is -3.57. The predicted octanol–water partition coefficient (Wildman–Crippen LogP) is 3.60. The van der Waals surface area contributed by atoms with E-state index in [0.717, 1.165) is 12.1 Å². The van der Waals surface area contributed by atoms with Crippen LogP contribution in [-0.4, -0.2) is 41.4 Å². The number of carbonyl (C=O) groups is 1. The maximum Gasteiger partial charge on any atom is 0.229 e. The fourth-order valence-corrected chi connectivity index (χ4v) is 4.41. The minimum absolute atomic E-state index is 0.0365. The van der Waals surface area contributed by atoms with Gasteiger partial charge in [-0.05, 0) is 68.1 Å². The molecule has 0 bridgehead atoms. The topological polar surface area (TPSA) is 108 Å². The summed E-state index contributed by atoms with van der Waals surface area (Å²) in [4.78, 5) is 23.3. The molecule has 7 nitrogen and oxygen atoms in total. The molecule has 0 aliphatic heterocycles. The van der Waals surface area contributed by atoms with Crippen LogP contribution in [0.2, 0.25) is 0 Å². The van der Waals surface area contributed by atoms with Crippen LogP contribution in [0, 0.1) is 41.8 Å². The van der Waals surface area contributed by atoms with Crippen molar-refractivity contribution in [2.45, 2.75) is 13.3 Å². The van der Waals surface area contributed by atoms with Crippen molar-refractivity contribution in [3.63, 3.8) is 0 Å². The van der Waals surface area contributed by atoms with E-state index in [1.165, 1.54) is 6.07 Å². The zero-order valence-electron chi connectivity index (χ0n) is 18.3. The van der Waals surface area contributed by atoms with Crippen molar-refractivity contribution in [1.82, 2.24) is 14.9 Å². The Labute approximate surface area is 186 Å². The molecule has 3 aromatic rings. The second-order valence-electron chi connectivity index (χ2n) is 8.60. The standard InChI is InChI=1S/C24H25FN6O/c1-13-5-7-28-11-18(13)17-8-14-9-21(29-23(27)16(14)10-20(17)25)30-24(32)22-15(4-6-26)19(22)12-31(2)3/h5,7-11,15,19,22H,4,12H2,1-3H3,(H3,27,29,30,32). The molecule has 1 aliphatic carbocycles. The molecule has 3 atom stereocenters. The zero-order chi connectivity index (χ0) is 23.0. The highest BCUT2D eigenvalue weighted by Gasteiger charge is 2.54. The average Bonchev–Trinajstić information content (AvgIpc) is 3.40. The summed E-state index contributed by atoms with van der Waals surface area (Å²) in [7, 11) is 3.89. The minimum atomic E-state index is -0.414. The Kier molecular flexibility index (Phi) is 5.76. The van der Waals surface area contributed by atoms with Crippen LogP contribution >= 0.6 is 0 Å². The van der Waals surface area contributed by atoms with Crippen LogP contribution in [0.1, 0.15) is 12.0 Å². The minimum Gasteiger partial charge on any atom is -0.383 e. The number of nitrogens with zero attached hydrogens (tertiary/aromatic N) is 4. The molecule has 3 unspecified atom stereocenters. The largest absolute Gasteiger partial charge is 0.383 e. The van der Waals surface area contributed by atoms with E-state index in [4.69, 9.17) is 11.0 Å². The number of nitrogens with one attached hydrogen (secondary N) is 1. The lowest BCUT2D eigenvalue weighted by Gasteiger charge is -2.12. The Bertz CT molecular complexity index is 1240. The molecule has 2 aromatic heterocycles. The van der Waals surface area contributed by atoms with E-state index >= 15 is 0 Å². The number of nitrogen functional groups attached to an aromatic ring is 1. The van der Waals surface area contributed by atoms with Gasteiger partial charge in [-0.2, -0.15) is 5.26 Å². The summed E-state index contributed by atoms with van der Waals surface area (Å²) in [6.07, 6.45) is 3.63. The Morgan fingerprint density at radius 1 is 1.28 bits per heavy atom. The second-order valence-corrected chi connectivity index (χ2v) is 8.60. The molecular weight excluding hydrogens is 407 g/mol. The highest BCUT2D eigenvalue weighted by atomic mass is 19.1. The Morgan fingerprint density at radius 3 is 2.75 bits per heavy atom. The van der Waals surface area contributed by atoms with Crippen molar-refractivity contribution in [2.24, 2.45) is 17.8 Å². The van der Waals surface area contributed by atoms with Gasteiger partial charge in [-0.15, -0.1) is 0 Å². The summed E-state index contributed by atoms with van der Waals surface area (Å²) in [5.74, 6) is -0.202. The fraction of sp³-hybridized carbons (Fsp3) is 0.333. The normalized spacial score (nSPS) is 19.7. The molecule has 1 saturated carbocycles. The quantitative estimate of drug-likeness (QED) is 0.616. The van der Waals surface area contributed by atoms with Crippen LogP contribution in [0.15, 0.2) is 36.7 Å². The van der Waals surface area contributed by atoms with Crippen LogP contribution in [0.4, 0.5) is 16.0 Å². The number of carbonyl (C=O) groups excluding carboxylic acids is 1. The SMILES string of the molecule is Cc1ccncc1-c1cc2cc(NC(=O)C3C(CC#N)C3CN(C)C)nc(N)c2cc1F. The summed E-state index contributed by atoms with van der Waals surface area (Å²) in [5.41, 5.74) is 8.09. The molecule has 1 amide bonds. The van der Waals surface area contributed by atoms with Gasteiger partial charge in [0.1, 0.15) is 17.5 Å². The van der Waals surface area contributed by atoms with Crippen LogP contribution in [0.25, 0.3) is 21.9 Å². The summed E-state index contributed by atoms with van der Waals surface area (Å²) < 4.78 is 14.8. The average molecular weight is 433 g/mol. The zero-order valence-corrected chi connectivity index (χ0v) is 18.3. The van der Waals surface area contributed by atoms with Gasteiger partial charge >= 0.3 is 0 Å². The second kappa shape index (κ2) is 8.52. The monoisotopic (exact) mass is 432 g/mol. The number of fused-ring (bicyclic) bond motifs is 1. The van der Waals surface area contributed by atoms with E-state index in [2.05, 4.69) is 21.4 Å². The van der Waals surface area contributed by atoms with E-state index in [9.17, 15) is 9.18 Å². The molecule has 0 saturated heterocycles. The Balaban J connectivity index is 1.64. The molecule has 164 valence electrons. The number of hydrogen-bond donors (Lipinski definition) is 2. The number of aromatic nitrogens is 2. The summed E-state index contributed by atoms with van der Waals surface area (Å²) in [6, 6.07) is 8.75. The van der Waals surface area contributed by atoms with E-state index in [1.54, 1.807) is 24.5 Å². The molecule has 0 radical (unpaired) electrons. The molecule has 4 rings (SSSR count). The van der Waals surface area contributed by atoms with Crippen molar-refractivity contribution in [1.29, 1.82) is 5.26 Å². The lowest BCUT2D eigenvalue weighted by Crippen LogP contribution is -2.20. The van der Waals surface area contributed by atoms with Crippen molar-refractivity contribution < 1.29 is 9.18 Å². The van der Waals surface area contributed by atoms with Crippen LogP contribution in [0.3, 0.4) is 0 Å². The molecule has 3 N–H and O–H groups in total. The number of pyridine rings is 2. The van der Waals surface area contributed by atoms with Gasteiger partial charge in [-0.25, -0.2) is 9.37 Å². The fourth-order valence-electron chi connectivity index (χ4n) is 4.41.